The fourth-order valence-corrected chi connectivity index (χ4v) is 5.24. The average molecular weight is 569 g/mol. The van der Waals surface area contributed by atoms with Crippen LogP contribution < -0.4 is 10.6 Å². The summed E-state index contributed by atoms with van der Waals surface area (Å²) in [6.07, 6.45) is 2.51. The van der Waals surface area contributed by atoms with Crippen molar-refractivity contribution in [2.45, 2.75) is 69.3 Å². The number of nitrogens with one attached hydrogen (secondary N) is 2. The van der Waals surface area contributed by atoms with Gasteiger partial charge in [-0.2, -0.15) is 0 Å². The van der Waals surface area contributed by atoms with E-state index in [2.05, 4.69) is 26.2 Å². The van der Waals surface area contributed by atoms with Crippen LogP contribution in [0, 0.1) is 0 Å². The monoisotopic (exact) mass is 568 g/mol. The summed E-state index contributed by atoms with van der Waals surface area (Å²) < 4.78 is 14.4. The number of aryl methyl sites for hydroxylation is 1. The number of amides is 2. The van der Waals surface area contributed by atoms with Crippen LogP contribution in [0.3, 0.4) is 0 Å². The molecule has 40 heavy (non-hydrogen) atoms. The summed E-state index contributed by atoms with van der Waals surface area (Å²) in [5, 5.41) is 27.5. The molecule has 214 valence electrons. The van der Waals surface area contributed by atoms with E-state index in [0.717, 1.165) is 36.0 Å². The average Bonchev–Trinajstić information content (AvgIpc) is 3.38. The lowest BCUT2D eigenvalue weighted by molar-refractivity contribution is -0.245. The van der Waals surface area contributed by atoms with Crippen molar-refractivity contribution >= 4 is 29.3 Å². The standard InChI is InChI=1S/C28H36N6O5S/c1-19(36)29-14-5-3-4-9-26(37)30-23-8-6-7-22(15-23)27-38-24(18-40-28-31-32-33-34(28)2)16-25(39-27)21-12-10-20(17-35)11-13-21/h6-8,10-13,15,24-25,27,35H,3-5,9,14,16-18H2,1-2H3,(H,29,36)(H,30,37)/t24-,25+,27+/m1/s1. The second-order valence-electron chi connectivity index (χ2n) is 9.71. The van der Waals surface area contributed by atoms with E-state index in [4.69, 9.17) is 9.47 Å². The maximum atomic E-state index is 12.5. The Kier molecular flexibility index (Phi) is 11.0. The maximum Gasteiger partial charge on any atom is 0.224 e. The van der Waals surface area contributed by atoms with Crippen molar-refractivity contribution in [2.75, 3.05) is 17.6 Å². The van der Waals surface area contributed by atoms with Crippen LogP contribution in [-0.2, 0) is 32.7 Å². The molecule has 4 rings (SSSR count). The van der Waals surface area contributed by atoms with Crippen LogP contribution in [0.2, 0.25) is 0 Å². The van der Waals surface area contributed by atoms with Crippen LogP contribution in [0.15, 0.2) is 53.7 Å². The number of aromatic nitrogens is 4. The molecule has 0 bridgehead atoms. The molecule has 3 aromatic rings. The molecule has 0 unspecified atom stereocenters. The summed E-state index contributed by atoms with van der Waals surface area (Å²) in [7, 11) is 1.80. The second-order valence-corrected chi connectivity index (χ2v) is 10.7. The summed E-state index contributed by atoms with van der Waals surface area (Å²) >= 11 is 1.52. The molecule has 1 saturated heterocycles. The van der Waals surface area contributed by atoms with Gasteiger partial charge in [-0.3, -0.25) is 9.59 Å². The first kappa shape index (κ1) is 29.7. The number of aliphatic hydroxyl groups excluding tert-OH is 1. The number of carbonyl (C=O) groups excluding carboxylic acids is 2. The van der Waals surface area contributed by atoms with Crippen molar-refractivity contribution < 1.29 is 24.2 Å². The zero-order chi connectivity index (χ0) is 28.3. The zero-order valence-corrected chi connectivity index (χ0v) is 23.6. The Labute approximate surface area is 238 Å². The lowest BCUT2D eigenvalue weighted by atomic mass is 10.0. The van der Waals surface area contributed by atoms with E-state index in [-0.39, 0.29) is 30.6 Å². The summed E-state index contributed by atoms with van der Waals surface area (Å²) in [5.74, 6) is 0.537. The van der Waals surface area contributed by atoms with Gasteiger partial charge in [0.05, 0.1) is 18.8 Å². The number of hydrogen-bond acceptors (Lipinski definition) is 9. The van der Waals surface area contributed by atoms with Crippen LogP contribution in [-0.4, -0.2) is 55.5 Å². The van der Waals surface area contributed by atoms with Gasteiger partial charge in [-0.25, -0.2) is 4.68 Å². The Hall–Kier alpha value is -3.32. The van der Waals surface area contributed by atoms with Gasteiger partial charge in [0.2, 0.25) is 17.0 Å². The molecule has 0 aliphatic carbocycles. The van der Waals surface area contributed by atoms with E-state index in [0.29, 0.717) is 36.0 Å². The molecule has 1 aliphatic rings. The highest BCUT2D eigenvalue weighted by Gasteiger charge is 2.32. The van der Waals surface area contributed by atoms with Gasteiger partial charge >= 0.3 is 0 Å². The van der Waals surface area contributed by atoms with Gasteiger partial charge in [0.1, 0.15) is 0 Å². The third-order valence-electron chi connectivity index (χ3n) is 6.49. The molecule has 3 N–H and O–H groups in total. The minimum atomic E-state index is -0.634. The quantitative estimate of drug-likeness (QED) is 0.208. The van der Waals surface area contributed by atoms with Crippen LogP contribution in [0.25, 0.3) is 0 Å². The molecular weight excluding hydrogens is 532 g/mol. The zero-order valence-electron chi connectivity index (χ0n) is 22.8. The molecule has 0 spiro atoms. The molecule has 0 saturated carbocycles. The summed E-state index contributed by atoms with van der Waals surface area (Å²) in [6, 6.07) is 15.3. The number of tetrazole rings is 1. The highest BCUT2D eigenvalue weighted by atomic mass is 32.2. The third-order valence-corrected chi connectivity index (χ3v) is 7.63. The van der Waals surface area contributed by atoms with E-state index in [1.807, 2.05) is 48.5 Å². The molecule has 12 heteroatoms. The van der Waals surface area contributed by atoms with Crippen molar-refractivity contribution in [2.24, 2.45) is 7.05 Å². The predicted octanol–water partition coefficient (Wildman–Crippen LogP) is 3.68. The number of rotatable bonds is 13. The fraction of sp³-hybridized carbons (Fsp3) is 0.464. The Bertz CT molecular complexity index is 1250. The Morgan fingerprint density at radius 2 is 1.93 bits per heavy atom. The molecule has 0 radical (unpaired) electrons. The molecule has 3 atom stereocenters. The number of hydrogen-bond donors (Lipinski definition) is 3. The number of thioether (sulfide) groups is 1. The van der Waals surface area contributed by atoms with Gasteiger partial charge in [-0.05, 0) is 46.5 Å². The Morgan fingerprint density at radius 1 is 1.10 bits per heavy atom. The van der Waals surface area contributed by atoms with E-state index >= 15 is 0 Å². The summed E-state index contributed by atoms with van der Waals surface area (Å²) in [6.45, 7) is 2.11. The minimum absolute atomic E-state index is 0.0157. The predicted molar refractivity (Wildman–Crippen MR) is 150 cm³/mol. The van der Waals surface area contributed by atoms with E-state index in [1.165, 1.54) is 18.7 Å². The number of benzene rings is 2. The first-order valence-electron chi connectivity index (χ1n) is 13.4. The number of carbonyl (C=O) groups is 2. The number of aliphatic hydroxyl groups is 1. The van der Waals surface area contributed by atoms with Crippen LogP contribution in [0.1, 0.15) is 68.1 Å². The normalized spacial score (nSPS) is 18.8. The minimum Gasteiger partial charge on any atom is -0.392 e. The van der Waals surface area contributed by atoms with Gasteiger partial charge in [0, 0.05) is 50.4 Å². The van der Waals surface area contributed by atoms with Crippen molar-refractivity contribution in [1.82, 2.24) is 25.5 Å². The second kappa shape index (κ2) is 14.9. The Balaban J connectivity index is 1.40. The van der Waals surface area contributed by atoms with Gasteiger partial charge in [-0.1, -0.05) is 54.6 Å². The SMILES string of the molecule is CC(=O)NCCCCCC(=O)Nc1cccc([C@H]2O[C@@H](CSc3nnnn3C)C[C@@H](c3ccc(CO)cc3)O2)c1. The van der Waals surface area contributed by atoms with E-state index in [1.54, 1.807) is 11.7 Å². The van der Waals surface area contributed by atoms with Gasteiger partial charge in [0.25, 0.3) is 0 Å². The van der Waals surface area contributed by atoms with E-state index in [9.17, 15) is 14.7 Å². The molecular formula is C28H36N6O5S. The number of nitrogens with zero attached hydrogens (tertiary/aromatic N) is 4. The third kappa shape index (κ3) is 8.85. The van der Waals surface area contributed by atoms with Crippen LogP contribution in [0.5, 0.6) is 0 Å². The first-order valence-corrected chi connectivity index (χ1v) is 14.4. The summed E-state index contributed by atoms with van der Waals surface area (Å²) in [5.41, 5.74) is 3.33. The number of anilines is 1. The molecule has 1 aromatic heterocycles. The van der Waals surface area contributed by atoms with Gasteiger partial charge in [0.15, 0.2) is 6.29 Å². The molecule has 2 amide bonds. The van der Waals surface area contributed by atoms with Crippen LogP contribution in [0.4, 0.5) is 5.69 Å². The summed E-state index contributed by atoms with van der Waals surface area (Å²) in [4.78, 5) is 23.5. The fourth-order valence-electron chi connectivity index (χ4n) is 4.37. The Morgan fingerprint density at radius 3 is 2.65 bits per heavy atom. The topological polar surface area (TPSA) is 140 Å². The van der Waals surface area contributed by atoms with Crippen molar-refractivity contribution in [3.05, 3.63) is 65.2 Å². The smallest absolute Gasteiger partial charge is 0.224 e. The van der Waals surface area contributed by atoms with Crippen LogP contribution >= 0.6 is 11.8 Å². The number of ether oxygens (including phenoxy) is 2. The molecule has 1 fully saturated rings. The maximum absolute atomic E-state index is 12.5. The molecule has 2 heterocycles. The molecule has 2 aromatic carbocycles. The molecule has 11 nitrogen and oxygen atoms in total. The van der Waals surface area contributed by atoms with Crippen molar-refractivity contribution in [3.8, 4) is 0 Å². The highest BCUT2D eigenvalue weighted by molar-refractivity contribution is 7.99. The highest BCUT2D eigenvalue weighted by Crippen LogP contribution is 2.39. The van der Waals surface area contributed by atoms with Gasteiger partial charge < -0.3 is 25.2 Å². The lowest BCUT2D eigenvalue weighted by Crippen LogP contribution is -2.31. The van der Waals surface area contributed by atoms with Gasteiger partial charge in [-0.15, -0.1) is 5.10 Å². The lowest BCUT2D eigenvalue weighted by Gasteiger charge is -2.36. The first-order chi connectivity index (χ1) is 19.4. The number of unbranched alkanes of at least 4 members (excludes halogenated alkanes) is 2. The largest absolute Gasteiger partial charge is 0.392 e. The van der Waals surface area contributed by atoms with Crippen molar-refractivity contribution in [3.63, 3.8) is 0 Å². The van der Waals surface area contributed by atoms with Crippen molar-refractivity contribution in [1.29, 1.82) is 0 Å². The van der Waals surface area contributed by atoms with E-state index < -0.39 is 6.29 Å². The molecule has 1 aliphatic heterocycles.